The Labute approximate surface area is 139 Å². The summed E-state index contributed by atoms with van der Waals surface area (Å²) < 4.78 is 26.9. The maximum absolute atomic E-state index is 12.8. The van der Waals surface area contributed by atoms with Crippen LogP contribution in [-0.4, -0.2) is 12.4 Å². The fraction of sp³-hybridized carbons (Fsp3) is 0.118. The van der Waals surface area contributed by atoms with Gasteiger partial charge in [-0.25, -0.2) is 12.4 Å². The molecule has 0 saturated heterocycles. The number of nitriles is 1. The lowest BCUT2D eigenvalue weighted by atomic mass is 10.1. The molecule has 0 unspecified atom stereocenters. The van der Waals surface area contributed by atoms with Crippen molar-refractivity contribution < 1.29 is 8.42 Å². The van der Waals surface area contributed by atoms with Gasteiger partial charge in [0, 0.05) is 16.6 Å². The monoisotopic (exact) mass is 344 g/mol. The van der Waals surface area contributed by atoms with E-state index in [0.29, 0.717) is 21.5 Å². The predicted molar refractivity (Wildman–Crippen MR) is 90.0 cm³/mol. The maximum Gasteiger partial charge on any atom is 0.268 e. The van der Waals surface area contributed by atoms with Crippen LogP contribution in [0.4, 0.5) is 0 Å². The zero-order valence-electron chi connectivity index (χ0n) is 12.3. The van der Waals surface area contributed by atoms with Crippen molar-refractivity contribution in [2.24, 2.45) is 0 Å². The third-order valence-electron chi connectivity index (χ3n) is 3.72. The number of aryl methyl sites for hydroxylation is 1. The summed E-state index contributed by atoms with van der Waals surface area (Å²) in [5, 5.41) is 10.1. The van der Waals surface area contributed by atoms with Crippen LogP contribution >= 0.6 is 11.6 Å². The summed E-state index contributed by atoms with van der Waals surface area (Å²) in [6, 6.07) is 13.7. The van der Waals surface area contributed by atoms with E-state index in [4.69, 9.17) is 16.9 Å². The first kappa shape index (κ1) is 15.6. The molecular formula is C17H13ClN2O2S. The smallest absolute Gasteiger partial charge is 0.241 e. The van der Waals surface area contributed by atoms with E-state index in [2.05, 4.69) is 6.07 Å². The molecule has 0 bridgehead atoms. The number of rotatable bonds is 3. The predicted octanol–water partition coefficient (Wildman–Crippen LogP) is 3.91. The number of benzene rings is 2. The maximum atomic E-state index is 12.8. The summed E-state index contributed by atoms with van der Waals surface area (Å²) in [5.41, 5.74) is 2.15. The van der Waals surface area contributed by atoms with Crippen molar-refractivity contribution in [2.75, 3.05) is 0 Å². The quantitative estimate of drug-likeness (QED) is 0.723. The molecule has 0 saturated carbocycles. The molecule has 1 heterocycles. The molecule has 0 fully saturated rings. The molecule has 0 spiro atoms. The van der Waals surface area contributed by atoms with Crippen LogP contribution < -0.4 is 0 Å². The summed E-state index contributed by atoms with van der Waals surface area (Å²) >= 11 is 6.13. The molecule has 1 aromatic heterocycles. The van der Waals surface area contributed by atoms with E-state index >= 15 is 0 Å². The Hall–Kier alpha value is -2.29. The molecule has 23 heavy (non-hydrogen) atoms. The second-order valence-electron chi connectivity index (χ2n) is 5.22. The standard InChI is InChI=1S/C17H13ClN2O2S/c1-12-2-4-13(5-3-12)23(21,22)20-11-9-15-14(8-10-19)16(18)6-7-17(15)20/h2-7,9,11H,8H2,1H3. The molecule has 0 aliphatic carbocycles. The van der Waals surface area contributed by atoms with Gasteiger partial charge >= 0.3 is 0 Å². The van der Waals surface area contributed by atoms with Gasteiger partial charge in [-0.3, -0.25) is 0 Å². The zero-order valence-corrected chi connectivity index (χ0v) is 13.9. The van der Waals surface area contributed by atoms with Crippen LogP contribution in [0.5, 0.6) is 0 Å². The SMILES string of the molecule is Cc1ccc(S(=O)(=O)n2ccc3c(CC#N)c(Cl)ccc32)cc1. The van der Waals surface area contributed by atoms with Gasteiger partial charge in [-0.2, -0.15) is 5.26 Å². The minimum absolute atomic E-state index is 0.130. The third-order valence-corrected chi connectivity index (χ3v) is 5.78. The first-order valence-corrected chi connectivity index (χ1v) is 8.74. The molecule has 6 heteroatoms. The van der Waals surface area contributed by atoms with Crippen LogP contribution in [0.2, 0.25) is 5.02 Å². The van der Waals surface area contributed by atoms with Crippen molar-refractivity contribution in [1.82, 2.24) is 3.97 Å². The van der Waals surface area contributed by atoms with Gasteiger partial charge in [0.25, 0.3) is 10.0 Å². The van der Waals surface area contributed by atoms with Crippen LogP contribution in [0.25, 0.3) is 10.9 Å². The van der Waals surface area contributed by atoms with Crippen LogP contribution in [0.15, 0.2) is 53.6 Å². The number of fused-ring (bicyclic) bond motifs is 1. The molecule has 3 aromatic rings. The van der Waals surface area contributed by atoms with Crippen molar-refractivity contribution in [2.45, 2.75) is 18.2 Å². The molecule has 0 aliphatic rings. The van der Waals surface area contributed by atoms with Gasteiger partial charge in [0.15, 0.2) is 0 Å². The fourth-order valence-corrected chi connectivity index (χ4v) is 4.10. The highest BCUT2D eigenvalue weighted by Gasteiger charge is 2.20. The van der Waals surface area contributed by atoms with Crippen LogP contribution in [0.3, 0.4) is 0 Å². The Morgan fingerprint density at radius 3 is 2.48 bits per heavy atom. The minimum atomic E-state index is -3.69. The molecule has 4 nitrogen and oxygen atoms in total. The van der Waals surface area contributed by atoms with Gasteiger partial charge in [-0.1, -0.05) is 29.3 Å². The first-order chi connectivity index (χ1) is 10.9. The van der Waals surface area contributed by atoms with E-state index in [-0.39, 0.29) is 11.3 Å². The minimum Gasteiger partial charge on any atom is -0.241 e. The molecule has 3 rings (SSSR count). The summed E-state index contributed by atoms with van der Waals surface area (Å²) in [5.74, 6) is 0. The molecule has 116 valence electrons. The largest absolute Gasteiger partial charge is 0.268 e. The Kier molecular flexibility index (Phi) is 3.88. The lowest BCUT2D eigenvalue weighted by Gasteiger charge is -2.09. The van der Waals surface area contributed by atoms with Crippen molar-refractivity contribution in [3.8, 4) is 6.07 Å². The molecular weight excluding hydrogens is 332 g/mol. The van der Waals surface area contributed by atoms with Crippen LogP contribution in [0.1, 0.15) is 11.1 Å². The van der Waals surface area contributed by atoms with E-state index in [0.717, 1.165) is 5.56 Å². The number of aromatic nitrogens is 1. The first-order valence-electron chi connectivity index (χ1n) is 6.93. The van der Waals surface area contributed by atoms with Gasteiger partial charge in [0.2, 0.25) is 0 Å². The molecule has 0 N–H and O–H groups in total. The highest BCUT2D eigenvalue weighted by atomic mass is 35.5. The second kappa shape index (κ2) is 5.73. The van der Waals surface area contributed by atoms with Crippen LogP contribution in [-0.2, 0) is 16.4 Å². The number of nitrogens with zero attached hydrogens (tertiary/aromatic N) is 2. The van der Waals surface area contributed by atoms with E-state index in [1.807, 2.05) is 6.92 Å². The van der Waals surface area contributed by atoms with Gasteiger partial charge in [-0.15, -0.1) is 0 Å². The fourth-order valence-electron chi connectivity index (χ4n) is 2.52. The lowest BCUT2D eigenvalue weighted by molar-refractivity contribution is 0.589. The molecule has 0 aliphatic heterocycles. The Bertz CT molecular complexity index is 1030. The number of hydrogen-bond acceptors (Lipinski definition) is 3. The van der Waals surface area contributed by atoms with E-state index in [9.17, 15) is 8.42 Å². The summed E-state index contributed by atoms with van der Waals surface area (Å²) in [4.78, 5) is 0.220. The van der Waals surface area contributed by atoms with Crippen molar-refractivity contribution in [3.63, 3.8) is 0 Å². The third kappa shape index (κ3) is 2.61. The second-order valence-corrected chi connectivity index (χ2v) is 7.45. The average Bonchev–Trinajstić information content (AvgIpc) is 2.95. The van der Waals surface area contributed by atoms with Gasteiger partial charge < -0.3 is 0 Å². The topological polar surface area (TPSA) is 62.9 Å². The highest BCUT2D eigenvalue weighted by Crippen LogP contribution is 2.29. The number of hydrogen-bond donors (Lipinski definition) is 0. The van der Waals surface area contributed by atoms with Gasteiger partial charge in [0.05, 0.1) is 22.9 Å². The normalized spacial score (nSPS) is 11.5. The molecule has 0 atom stereocenters. The molecule has 0 amide bonds. The average molecular weight is 345 g/mol. The summed E-state index contributed by atoms with van der Waals surface area (Å²) in [7, 11) is -3.69. The molecule has 2 aromatic carbocycles. The van der Waals surface area contributed by atoms with Gasteiger partial charge in [-0.05, 0) is 42.8 Å². The highest BCUT2D eigenvalue weighted by molar-refractivity contribution is 7.90. The lowest BCUT2D eigenvalue weighted by Crippen LogP contribution is -2.11. The van der Waals surface area contributed by atoms with Gasteiger partial charge in [0.1, 0.15) is 0 Å². The number of halogens is 1. The summed E-state index contributed by atoms with van der Waals surface area (Å²) in [6.07, 6.45) is 1.63. The van der Waals surface area contributed by atoms with Crippen molar-refractivity contribution in [1.29, 1.82) is 5.26 Å². The van der Waals surface area contributed by atoms with Crippen LogP contribution in [0, 0.1) is 18.3 Å². The van der Waals surface area contributed by atoms with E-state index in [1.165, 1.54) is 10.2 Å². The van der Waals surface area contributed by atoms with Crippen molar-refractivity contribution >= 4 is 32.5 Å². The Morgan fingerprint density at radius 2 is 1.83 bits per heavy atom. The Morgan fingerprint density at radius 1 is 1.13 bits per heavy atom. The van der Waals surface area contributed by atoms with Crippen molar-refractivity contribution in [3.05, 3.63) is 64.8 Å². The summed E-state index contributed by atoms with van der Waals surface area (Å²) in [6.45, 7) is 1.90. The zero-order chi connectivity index (χ0) is 16.6. The van der Waals surface area contributed by atoms with E-state index < -0.39 is 10.0 Å². The van der Waals surface area contributed by atoms with E-state index in [1.54, 1.807) is 42.5 Å². The molecule has 0 radical (unpaired) electrons. The Balaban J connectivity index is 2.23.